The predicted molar refractivity (Wildman–Crippen MR) is 101 cm³/mol. The monoisotopic (exact) mass is 328 g/mol. The third kappa shape index (κ3) is 2.80. The molecule has 0 aromatic heterocycles. The lowest BCUT2D eigenvalue weighted by Gasteiger charge is -2.12. The third-order valence-corrected chi connectivity index (χ3v) is 4.80. The molecule has 124 valence electrons. The van der Waals surface area contributed by atoms with Gasteiger partial charge in [0.15, 0.2) is 0 Å². The summed E-state index contributed by atoms with van der Waals surface area (Å²) in [6.45, 7) is 0. The summed E-state index contributed by atoms with van der Waals surface area (Å²) in [6.07, 6.45) is 2.36. The minimum Gasteiger partial charge on any atom is -0.497 e. The number of hydrogen-bond donors (Lipinski definition) is 0. The molecular weight excluding hydrogens is 308 g/mol. The van der Waals surface area contributed by atoms with Crippen LogP contribution in [0.4, 0.5) is 0 Å². The van der Waals surface area contributed by atoms with Gasteiger partial charge in [0.05, 0.1) is 14.2 Å². The molecule has 0 spiro atoms. The Balaban J connectivity index is 1.78. The summed E-state index contributed by atoms with van der Waals surface area (Å²) in [6, 6.07) is 25.3. The fourth-order valence-corrected chi connectivity index (χ4v) is 3.47. The highest BCUT2D eigenvalue weighted by molar-refractivity contribution is 5.86. The van der Waals surface area contributed by atoms with Gasteiger partial charge in [-0.1, -0.05) is 54.6 Å². The van der Waals surface area contributed by atoms with Gasteiger partial charge in [-0.2, -0.15) is 0 Å². The molecule has 1 aliphatic carbocycles. The Bertz CT molecular complexity index is 906. The normalized spacial score (nSPS) is 15.4. The standard InChI is InChI=1S/C23H20O2/c1-24-18-11-7-16(8-12-18)22-15-23(21-6-4-3-5-20(21)22)17-9-13-19(25-2)14-10-17/h3-15,22H,1-2H3. The van der Waals surface area contributed by atoms with Crippen molar-refractivity contribution in [2.45, 2.75) is 5.92 Å². The molecule has 0 N–H and O–H groups in total. The molecule has 0 aliphatic heterocycles. The largest absolute Gasteiger partial charge is 0.497 e. The van der Waals surface area contributed by atoms with Gasteiger partial charge in [0.25, 0.3) is 0 Å². The second-order valence-electron chi connectivity index (χ2n) is 6.15. The van der Waals surface area contributed by atoms with Crippen LogP contribution in [0.2, 0.25) is 0 Å². The van der Waals surface area contributed by atoms with E-state index >= 15 is 0 Å². The van der Waals surface area contributed by atoms with Gasteiger partial charge in [-0.25, -0.2) is 0 Å². The summed E-state index contributed by atoms with van der Waals surface area (Å²) in [5, 5.41) is 0. The maximum Gasteiger partial charge on any atom is 0.118 e. The van der Waals surface area contributed by atoms with Crippen LogP contribution in [0.1, 0.15) is 28.2 Å². The number of hydrogen-bond acceptors (Lipinski definition) is 2. The maximum atomic E-state index is 5.29. The van der Waals surface area contributed by atoms with E-state index in [1.54, 1.807) is 14.2 Å². The van der Waals surface area contributed by atoms with Gasteiger partial charge >= 0.3 is 0 Å². The average molecular weight is 328 g/mol. The topological polar surface area (TPSA) is 18.5 Å². The highest BCUT2D eigenvalue weighted by Gasteiger charge is 2.25. The number of fused-ring (bicyclic) bond motifs is 1. The number of methoxy groups -OCH3 is 2. The van der Waals surface area contributed by atoms with E-state index in [1.807, 2.05) is 24.3 Å². The van der Waals surface area contributed by atoms with Crippen LogP contribution in [0.3, 0.4) is 0 Å². The molecule has 0 bridgehead atoms. The first-order chi connectivity index (χ1) is 12.3. The van der Waals surface area contributed by atoms with Crippen LogP contribution < -0.4 is 9.47 Å². The second-order valence-corrected chi connectivity index (χ2v) is 6.15. The third-order valence-electron chi connectivity index (χ3n) is 4.80. The lowest BCUT2D eigenvalue weighted by molar-refractivity contribution is 0.414. The van der Waals surface area contributed by atoms with Crippen molar-refractivity contribution in [2.24, 2.45) is 0 Å². The lowest BCUT2D eigenvalue weighted by Crippen LogP contribution is -1.95. The molecule has 0 radical (unpaired) electrons. The van der Waals surface area contributed by atoms with Crippen molar-refractivity contribution in [3.05, 3.63) is 101 Å². The number of allylic oxidation sites excluding steroid dienone is 1. The van der Waals surface area contributed by atoms with Crippen molar-refractivity contribution in [1.29, 1.82) is 0 Å². The van der Waals surface area contributed by atoms with Crippen LogP contribution in [-0.2, 0) is 0 Å². The minimum atomic E-state index is 0.263. The molecule has 1 atom stereocenters. The van der Waals surface area contributed by atoms with Crippen LogP contribution in [0.25, 0.3) is 5.57 Å². The summed E-state index contributed by atoms with van der Waals surface area (Å²) in [4.78, 5) is 0. The Morgan fingerprint density at radius 3 is 1.92 bits per heavy atom. The van der Waals surface area contributed by atoms with E-state index in [-0.39, 0.29) is 5.92 Å². The van der Waals surface area contributed by atoms with E-state index in [1.165, 1.54) is 27.8 Å². The summed E-state index contributed by atoms with van der Waals surface area (Å²) in [7, 11) is 3.39. The van der Waals surface area contributed by atoms with E-state index in [0.29, 0.717) is 0 Å². The van der Waals surface area contributed by atoms with Gasteiger partial charge in [0.2, 0.25) is 0 Å². The van der Waals surface area contributed by atoms with E-state index in [4.69, 9.17) is 9.47 Å². The molecule has 0 fully saturated rings. The van der Waals surface area contributed by atoms with E-state index < -0.39 is 0 Å². The quantitative estimate of drug-likeness (QED) is 0.648. The van der Waals surface area contributed by atoms with Crippen molar-refractivity contribution < 1.29 is 9.47 Å². The molecule has 1 unspecified atom stereocenters. The van der Waals surface area contributed by atoms with Crippen molar-refractivity contribution in [3.8, 4) is 11.5 Å². The van der Waals surface area contributed by atoms with Gasteiger partial charge in [0.1, 0.15) is 11.5 Å². The van der Waals surface area contributed by atoms with Gasteiger partial charge in [-0.15, -0.1) is 0 Å². The number of benzene rings is 3. The van der Waals surface area contributed by atoms with Gasteiger partial charge in [0, 0.05) is 5.92 Å². The molecule has 2 nitrogen and oxygen atoms in total. The first-order valence-corrected chi connectivity index (χ1v) is 8.39. The van der Waals surface area contributed by atoms with Crippen LogP contribution in [0.5, 0.6) is 11.5 Å². The molecular formula is C23H20O2. The predicted octanol–water partition coefficient (Wildman–Crippen LogP) is 5.28. The minimum absolute atomic E-state index is 0.263. The number of rotatable bonds is 4. The molecule has 1 aliphatic rings. The zero-order valence-electron chi connectivity index (χ0n) is 14.4. The smallest absolute Gasteiger partial charge is 0.118 e. The molecule has 0 saturated carbocycles. The van der Waals surface area contributed by atoms with E-state index in [9.17, 15) is 0 Å². The summed E-state index contributed by atoms with van der Waals surface area (Å²) in [5.41, 5.74) is 6.41. The van der Waals surface area contributed by atoms with Crippen LogP contribution in [0, 0.1) is 0 Å². The fourth-order valence-electron chi connectivity index (χ4n) is 3.47. The Kier molecular flexibility index (Phi) is 4.02. The molecule has 2 heteroatoms. The molecule has 0 saturated heterocycles. The Morgan fingerprint density at radius 1 is 0.680 bits per heavy atom. The van der Waals surface area contributed by atoms with E-state index in [2.05, 4.69) is 54.6 Å². The summed E-state index contributed by atoms with van der Waals surface area (Å²) < 4.78 is 10.6. The highest BCUT2D eigenvalue weighted by atomic mass is 16.5. The van der Waals surface area contributed by atoms with Gasteiger partial charge in [-0.3, -0.25) is 0 Å². The van der Waals surface area contributed by atoms with Crippen molar-refractivity contribution >= 4 is 5.57 Å². The van der Waals surface area contributed by atoms with Gasteiger partial charge in [-0.05, 0) is 52.1 Å². The van der Waals surface area contributed by atoms with Crippen molar-refractivity contribution in [3.63, 3.8) is 0 Å². The summed E-state index contributed by atoms with van der Waals surface area (Å²) in [5.74, 6) is 2.02. The van der Waals surface area contributed by atoms with Crippen molar-refractivity contribution in [1.82, 2.24) is 0 Å². The SMILES string of the molecule is COc1ccc(C2=CC(c3ccc(OC)cc3)c3ccccc32)cc1. The van der Waals surface area contributed by atoms with E-state index in [0.717, 1.165) is 11.5 Å². The maximum absolute atomic E-state index is 5.29. The summed E-state index contributed by atoms with van der Waals surface area (Å²) >= 11 is 0. The molecule has 0 heterocycles. The Hall–Kier alpha value is -3.00. The first-order valence-electron chi connectivity index (χ1n) is 8.39. The molecule has 0 amide bonds. The molecule has 4 rings (SSSR count). The Morgan fingerprint density at radius 2 is 1.28 bits per heavy atom. The zero-order valence-corrected chi connectivity index (χ0v) is 14.4. The number of ether oxygens (including phenoxy) is 2. The molecule has 25 heavy (non-hydrogen) atoms. The molecule has 3 aromatic rings. The van der Waals surface area contributed by atoms with Crippen LogP contribution >= 0.6 is 0 Å². The zero-order chi connectivity index (χ0) is 17.2. The second kappa shape index (κ2) is 6.48. The Labute approximate surface area is 148 Å². The van der Waals surface area contributed by atoms with Crippen molar-refractivity contribution in [2.75, 3.05) is 14.2 Å². The average Bonchev–Trinajstić information content (AvgIpc) is 3.08. The first kappa shape index (κ1) is 15.5. The highest BCUT2D eigenvalue weighted by Crippen LogP contribution is 2.43. The van der Waals surface area contributed by atoms with Gasteiger partial charge < -0.3 is 9.47 Å². The fraction of sp³-hybridized carbons (Fsp3) is 0.130. The lowest BCUT2D eigenvalue weighted by atomic mass is 9.93. The van der Waals surface area contributed by atoms with Crippen LogP contribution in [-0.4, -0.2) is 14.2 Å². The molecule has 3 aromatic carbocycles. The van der Waals surface area contributed by atoms with Crippen LogP contribution in [0.15, 0.2) is 78.9 Å².